The van der Waals surface area contributed by atoms with Crippen LogP contribution in [0.5, 0.6) is 5.75 Å². The molecule has 13 heteroatoms. The summed E-state index contributed by atoms with van der Waals surface area (Å²) < 4.78 is 14.0. The first-order valence-electron chi connectivity index (χ1n) is 21.8. The monoisotopic (exact) mass is 834 g/mol. The van der Waals surface area contributed by atoms with E-state index in [0.717, 1.165) is 50.8 Å². The van der Waals surface area contributed by atoms with E-state index in [-0.39, 0.29) is 54.9 Å². The van der Waals surface area contributed by atoms with Crippen LogP contribution in [0.15, 0.2) is 54.9 Å². The number of likely N-dealkylation sites (N-methyl/N-ethyl adjacent to an activating group) is 1. The average molecular weight is 835 g/mol. The highest BCUT2D eigenvalue weighted by atomic mass is 16.5. The summed E-state index contributed by atoms with van der Waals surface area (Å²) in [6.45, 7) is 13.8. The number of phenolic OH excluding ortho intramolecular Hbond substituents is 1. The Morgan fingerprint density at radius 1 is 1.13 bits per heavy atom. The zero-order chi connectivity index (χ0) is 43.7. The molecule has 326 valence electrons. The van der Waals surface area contributed by atoms with Crippen molar-refractivity contribution < 1.29 is 33.8 Å². The topological polar surface area (TPSA) is 155 Å². The Hall–Kier alpha value is -5.27. The quantitative estimate of drug-likeness (QED) is 0.157. The molecule has 1 saturated heterocycles. The van der Waals surface area contributed by atoms with Crippen molar-refractivity contribution in [3.8, 4) is 28.1 Å². The van der Waals surface area contributed by atoms with Gasteiger partial charge in [0.2, 0.25) is 17.7 Å². The van der Waals surface area contributed by atoms with E-state index in [9.17, 15) is 24.3 Å². The number of rotatable bonds is 10. The average Bonchev–Trinajstić information content (AvgIpc) is 3.90. The third-order valence-electron chi connectivity index (χ3n) is 12.7. The van der Waals surface area contributed by atoms with E-state index >= 15 is 0 Å². The summed E-state index contributed by atoms with van der Waals surface area (Å²) in [5.41, 5.74) is 10.2. The van der Waals surface area contributed by atoms with E-state index in [1.807, 2.05) is 39.1 Å². The van der Waals surface area contributed by atoms with Crippen LogP contribution in [-0.4, -0.2) is 94.2 Å². The van der Waals surface area contributed by atoms with Gasteiger partial charge in [0.1, 0.15) is 17.8 Å². The van der Waals surface area contributed by atoms with Gasteiger partial charge in [-0.1, -0.05) is 46.8 Å². The van der Waals surface area contributed by atoms with Crippen molar-refractivity contribution in [3.05, 3.63) is 71.5 Å². The second-order valence-corrected chi connectivity index (χ2v) is 18.5. The standard InChI is InChI=1S/C48H62N6O7/c1-9-53-41-13-12-31-22-37(41)38(43(53)39-25-49-15-14-32(39)26-60-8)23-48(5,6)27-61-47(59)40-11-10-16-54(51-40)45(57)34(19-30-18-33(31)21-35(55)20-30)24-50-44(56)42(28(2)3)52(7)46(58)36-17-29(36)4/h12-15,18,20-22,25,28-29,34,36,40,42,51,55H,9-11,16-17,19,23-24,26-27H2,1-8H3,(H,50,56)/t29-,34+,36?,40-,42-/m0/s1. The van der Waals surface area contributed by atoms with Crippen LogP contribution in [0.2, 0.25) is 0 Å². The van der Waals surface area contributed by atoms with Gasteiger partial charge in [0.25, 0.3) is 0 Å². The Kier molecular flexibility index (Phi) is 12.9. The molecule has 61 heavy (non-hydrogen) atoms. The maximum absolute atomic E-state index is 14.5. The van der Waals surface area contributed by atoms with Crippen molar-refractivity contribution in [1.29, 1.82) is 0 Å². The van der Waals surface area contributed by atoms with Gasteiger partial charge < -0.3 is 29.4 Å². The molecule has 3 amide bonds. The summed E-state index contributed by atoms with van der Waals surface area (Å²) in [6.07, 6.45) is 6.32. The minimum Gasteiger partial charge on any atom is -0.508 e. The lowest BCUT2D eigenvalue weighted by atomic mass is 9.84. The number of nitrogens with one attached hydrogen (secondary N) is 2. The number of carbonyl (C=O) groups is 4. The van der Waals surface area contributed by atoms with E-state index in [2.05, 4.69) is 59.3 Å². The molecule has 2 aliphatic heterocycles. The normalized spacial score (nSPS) is 22.1. The number of pyridine rings is 1. The van der Waals surface area contributed by atoms with Crippen LogP contribution in [0.1, 0.15) is 77.5 Å². The van der Waals surface area contributed by atoms with Gasteiger partial charge in [-0.2, -0.15) is 0 Å². The molecule has 2 aromatic carbocycles. The summed E-state index contributed by atoms with van der Waals surface area (Å²) in [5.74, 6) is -1.75. The molecule has 3 N–H and O–H groups in total. The van der Waals surface area contributed by atoms with Crippen molar-refractivity contribution in [3.63, 3.8) is 0 Å². The van der Waals surface area contributed by atoms with Crippen LogP contribution >= 0.6 is 0 Å². The molecule has 0 radical (unpaired) electrons. The molecule has 0 spiro atoms. The highest BCUT2D eigenvalue weighted by Gasteiger charge is 2.44. The van der Waals surface area contributed by atoms with Gasteiger partial charge in [0, 0.05) is 74.0 Å². The second-order valence-electron chi connectivity index (χ2n) is 18.5. The Bertz CT molecular complexity index is 2300. The molecule has 2 aromatic heterocycles. The molecule has 4 heterocycles. The lowest BCUT2D eigenvalue weighted by molar-refractivity contribution is -0.155. The molecule has 3 aliphatic rings. The number of hydrogen-bond acceptors (Lipinski definition) is 9. The summed E-state index contributed by atoms with van der Waals surface area (Å²) in [7, 11) is 3.37. The first-order chi connectivity index (χ1) is 29.1. The molecule has 13 nitrogen and oxygen atoms in total. The summed E-state index contributed by atoms with van der Waals surface area (Å²) in [4.78, 5) is 61.6. The number of phenols is 1. The Morgan fingerprint density at radius 3 is 2.61 bits per heavy atom. The van der Waals surface area contributed by atoms with Crippen molar-refractivity contribution in [2.75, 3.05) is 33.9 Å². The molecule has 1 saturated carbocycles. The molecule has 1 aliphatic carbocycles. The zero-order valence-electron chi connectivity index (χ0n) is 36.9. The molecule has 6 bridgehead atoms. The van der Waals surface area contributed by atoms with E-state index in [0.29, 0.717) is 50.4 Å². The van der Waals surface area contributed by atoms with Crippen LogP contribution < -0.4 is 10.7 Å². The predicted molar refractivity (Wildman–Crippen MR) is 234 cm³/mol. The van der Waals surface area contributed by atoms with Crippen LogP contribution in [0.25, 0.3) is 33.3 Å². The minimum atomic E-state index is -0.771. The summed E-state index contributed by atoms with van der Waals surface area (Å²) in [5, 5.41) is 16.8. The number of aryl methyl sites for hydroxylation is 1. The lowest BCUT2D eigenvalue weighted by Crippen LogP contribution is -2.58. The molecule has 2 fully saturated rings. The Balaban J connectivity index is 1.30. The first kappa shape index (κ1) is 43.8. The van der Waals surface area contributed by atoms with Crippen molar-refractivity contribution >= 4 is 34.6 Å². The maximum atomic E-state index is 14.5. The molecular weight excluding hydrogens is 773 g/mol. The van der Waals surface area contributed by atoms with E-state index in [4.69, 9.17) is 9.47 Å². The summed E-state index contributed by atoms with van der Waals surface area (Å²) >= 11 is 0. The lowest BCUT2D eigenvalue weighted by Gasteiger charge is -2.36. The zero-order valence-corrected chi connectivity index (χ0v) is 36.9. The van der Waals surface area contributed by atoms with Gasteiger partial charge in [-0.15, -0.1) is 0 Å². The van der Waals surface area contributed by atoms with E-state index < -0.39 is 29.4 Å². The number of methoxy groups -OCH3 is 1. The first-order valence-corrected chi connectivity index (χ1v) is 21.8. The van der Waals surface area contributed by atoms with Gasteiger partial charge in [0.15, 0.2) is 0 Å². The number of carbonyl (C=O) groups excluding carboxylic acids is 4. The number of aromatic nitrogens is 2. The third kappa shape index (κ3) is 9.33. The molecular formula is C48H62N6O7. The number of cyclic esters (lactones) is 1. The highest BCUT2D eigenvalue weighted by molar-refractivity contribution is 5.95. The minimum absolute atomic E-state index is 0.0166. The van der Waals surface area contributed by atoms with Crippen molar-refractivity contribution in [2.24, 2.45) is 29.1 Å². The predicted octanol–water partition coefficient (Wildman–Crippen LogP) is 6.28. The fraction of sp³-hybridized carbons (Fsp3) is 0.521. The SMILES string of the molecule is CCn1c(-c2cnccc2COC)c2c3cc(ccc31)-c1cc(O)cc(c1)C[C@H](CNC(=O)[C@H](C(C)C)N(C)C(=O)C1C[C@@H]1C)C(=O)N1CCC[C@H](N1)C(=O)OCC(C)(C)C2. The third-order valence-corrected chi connectivity index (χ3v) is 12.7. The van der Waals surface area contributed by atoms with Crippen LogP contribution in [0.3, 0.4) is 0 Å². The molecule has 5 atom stereocenters. The van der Waals surface area contributed by atoms with Crippen molar-refractivity contribution in [2.45, 2.75) is 98.9 Å². The number of ether oxygens (including phenoxy) is 2. The second kappa shape index (κ2) is 18.0. The Labute approximate surface area is 359 Å². The van der Waals surface area contributed by atoms with Gasteiger partial charge in [-0.05, 0) is 109 Å². The number of nitrogens with zero attached hydrogens (tertiary/aromatic N) is 4. The van der Waals surface area contributed by atoms with Gasteiger partial charge in [-0.25, -0.2) is 5.43 Å². The van der Waals surface area contributed by atoms with E-state index in [1.165, 1.54) is 5.01 Å². The number of hydrogen-bond donors (Lipinski definition) is 3. The molecule has 1 unspecified atom stereocenters. The fourth-order valence-corrected chi connectivity index (χ4v) is 9.38. The number of fused-ring (bicyclic) bond motifs is 6. The number of aromatic hydroxyl groups is 1. The number of hydrazine groups is 1. The molecule has 4 aromatic rings. The smallest absolute Gasteiger partial charge is 0.324 e. The van der Waals surface area contributed by atoms with Gasteiger partial charge >= 0.3 is 5.97 Å². The maximum Gasteiger partial charge on any atom is 0.324 e. The van der Waals surface area contributed by atoms with Crippen LogP contribution in [-0.2, 0) is 54.6 Å². The van der Waals surface area contributed by atoms with Gasteiger partial charge in [-0.3, -0.25) is 29.2 Å². The van der Waals surface area contributed by atoms with Crippen molar-refractivity contribution in [1.82, 2.24) is 30.2 Å². The number of esters is 1. The Morgan fingerprint density at radius 2 is 1.90 bits per heavy atom. The fourth-order valence-electron chi connectivity index (χ4n) is 9.38. The number of benzene rings is 2. The number of amides is 3. The van der Waals surface area contributed by atoms with Crippen LogP contribution in [0.4, 0.5) is 0 Å². The largest absolute Gasteiger partial charge is 0.508 e. The summed E-state index contributed by atoms with van der Waals surface area (Å²) in [6, 6.07) is 12.2. The van der Waals surface area contributed by atoms with Crippen LogP contribution in [0, 0.1) is 29.1 Å². The van der Waals surface area contributed by atoms with Gasteiger partial charge in [0.05, 0.1) is 24.8 Å². The molecule has 7 rings (SSSR count). The van der Waals surface area contributed by atoms with E-state index in [1.54, 1.807) is 37.4 Å². The highest BCUT2D eigenvalue weighted by Crippen LogP contribution is 2.42.